The number of carbonyl (C=O) groups is 2. The molecule has 2 aromatic carbocycles. The average Bonchev–Trinajstić information content (AvgIpc) is 2.82. The van der Waals surface area contributed by atoms with E-state index in [1.165, 1.54) is 4.31 Å². The molecule has 9 heteroatoms. The number of sulfonamides is 1. The van der Waals surface area contributed by atoms with Crippen molar-refractivity contribution < 1.29 is 22.7 Å². The molecule has 8 nitrogen and oxygen atoms in total. The Morgan fingerprint density at radius 2 is 1.68 bits per heavy atom. The first kappa shape index (κ1) is 30.2. The fourth-order valence-electron chi connectivity index (χ4n) is 4.11. The van der Waals surface area contributed by atoms with Gasteiger partial charge in [0, 0.05) is 25.6 Å². The molecule has 0 spiro atoms. The van der Waals surface area contributed by atoms with E-state index in [-0.39, 0.29) is 30.8 Å². The summed E-state index contributed by atoms with van der Waals surface area (Å²) in [5.41, 5.74) is 2.48. The highest BCUT2D eigenvalue weighted by Crippen LogP contribution is 2.30. The standard InChI is InChI=1S/C28H41N3O5S/c1-7-24(28(33)29-21(3)4)30(20-23-17-15-22(5)16-18-23)27(32)14-11-19-31(37(6,34)35)25-12-9-10-13-26(25)36-8-2/h9-10,12-13,15-18,21,24H,7-8,11,14,19-20H2,1-6H3,(H,29,33)/t24-/m0/s1. The minimum atomic E-state index is -3.61. The van der Waals surface area contributed by atoms with Gasteiger partial charge in [-0.2, -0.15) is 0 Å². The summed E-state index contributed by atoms with van der Waals surface area (Å²) >= 11 is 0. The second-order valence-electron chi connectivity index (χ2n) is 9.43. The number of nitrogens with one attached hydrogen (secondary N) is 1. The maximum Gasteiger partial charge on any atom is 0.243 e. The van der Waals surface area contributed by atoms with E-state index in [1.54, 1.807) is 29.2 Å². The number of aryl methyl sites for hydroxylation is 1. The van der Waals surface area contributed by atoms with Crippen molar-refractivity contribution in [3.63, 3.8) is 0 Å². The van der Waals surface area contributed by atoms with Crippen LogP contribution in [-0.4, -0.2) is 56.6 Å². The quantitative estimate of drug-likeness (QED) is 0.393. The third-order valence-corrected chi connectivity index (χ3v) is 7.06. The van der Waals surface area contributed by atoms with Crippen LogP contribution in [0.1, 0.15) is 58.1 Å². The lowest BCUT2D eigenvalue weighted by Crippen LogP contribution is -2.50. The molecule has 0 aliphatic rings. The molecule has 1 N–H and O–H groups in total. The number of amides is 2. The summed E-state index contributed by atoms with van der Waals surface area (Å²) < 4.78 is 32.2. The van der Waals surface area contributed by atoms with Gasteiger partial charge in [-0.3, -0.25) is 13.9 Å². The van der Waals surface area contributed by atoms with Crippen molar-refractivity contribution in [2.75, 3.05) is 23.7 Å². The maximum atomic E-state index is 13.5. The summed E-state index contributed by atoms with van der Waals surface area (Å²) in [6.07, 6.45) is 2.00. The number of ether oxygens (including phenoxy) is 1. The Morgan fingerprint density at radius 3 is 2.24 bits per heavy atom. The van der Waals surface area contributed by atoms with Gasteiger partial charge in [-0.15, -0.1) is 0 Å². The van der Waals surface area contributed by atoms with E-state index in [0.29, 0.717) is 37.4 Å². The molecule has 0 aliphatic carbocycles. The van der Waals surface area contributed by atoms with Gasteiger partial charge in [0.25, 0.3) is 0 Å². The first-order chi connectivity index (χ1) is 17.5. The van der Waals surface area contributed by atoms with Crippen molar-refractivity contribution in [2.45, 2.75) is 72.5 Å². The number of hydrogen-bond donors (Lipinski definition) is 1. The lowest BCUT2D eigenvalue weighted by molar-refractivity contribution is -0.141. The van der Waals surface area contributed by atoms with Crippen molar-refractivity contribution in [3.8, 4) is 5.75 Å². The summed E-state index contributed by atoms with van der Waals surface area (Å²) in [6, 6.07) is 14.2. The summed E-state index contributed by atoms with van der Waals surface area (Å²) in [6.45, 7) is 10.3. The molecule has 37 heavy (non-hydrogen) atoms. The second kappa shape index (κ2) is 14.0. The Labute approximate surface area is 222 Å². The maximum absolute atomic E-state index is 13.5. The van der Waals surface area contributed by atoms with Gasteiger partial charge in [0.05, 0.1) is 18.6 Å². The normalized spacial score (nSPS) is 12.2. The van der Waals surface area contributed by atoms with E-state index in [0.717, 1.165) is 17.4 Å². The van der Waals surface area contributed by atoms with Crippen LogP contribution in [0.3, 0.4) is 0 Å². The third-order valence-electron chi connectivity index (χ3n) is 5.88. The largest absolute Gasteiger partial charge is 0.492 e. The summed E-state index contributed by atoms with van der Waals surface area (Å²) in [7, 11) is -3.61. The van der Waals surface area contributed by atoms with Crippen LogP contribution >= 0.6 is 0 Å². The molecule has 0 bridgehead atoms. The molecule has 2 rings (SSSR count). The SMILES string of the molecule is CCOc1ccccc1N(CCCC(=O)N(Cc1ccc(C)cc1)[C@@H](CC)C(=O)NC(C)C)S(C)(=O)=O. The van der Waals surface area contributed by atoms with Crippen molar-refractivity contribution in [1.82, 2.24) is 10.2 Å². The zero-order chi connectivity index (χ0) is 27.6. The average molecular weight is 532 g/mol. The number of anilines is 1. The minimum absolute atomic E-state index is 0.0494. The molecule has 0 saturated carbocycles. The van der Waals surface area contributed by atoms with E-state index >= 15 is 0 Å². The predicted molar refractivity (Wildman–Crippen MR) is 148 cm³/mol. The van der Waals surface area contributed by atoms with Crippen LogP contribution in [0.5, 0.6) is 5.75 Å². The van der Waals surface area contributed by atoms with Gasteiger partial charge < -0.3 is 15.0 Å². The zero-order valence-electron chi connectivity index (χ0n) is 22.9. The van der Waals surface area contributed by atoms with Gasteiger partial charge >= 0.3 is 0 Å². The summed E-state index contributed by atoms with van der Waals surface area (Å²) in [5.74, 6) is 0.0818. The van der Waals surface area contributed by atoms with Crippen LogP contribution < -0.4 is 14.4 Å². The molecule has 0 saturated heterocycles. The lowest BCUT2D eigenvalue weighted by atomic mass is 10.1. The molecule has 0 heterocycles. The Morgan fingerprint density at radius 1 is 1.03 bits per heavy atom. The van der Waals surface area contributed by atoms with Crippen molar-refractivity contribution in [2.24, 2.45) is 0 Å². The van der Waals surface area contributed by atoms with Crippen LogP contribution in [0.4, 0.5) is 5.69 Å². The van der Waals surface area contributed by atoms with E-state index in [4.69, 9.17) is 4.74 Å². The molecule has 2 amide bonds. The Kier molecular flexibility index (Phi) is 11.4. The van der Waals surface area contributed by atoms with Crippen molar-refractivity contribution in [1.29, 1.82) is 0 Å². The highest BCUT2D eigenvalue weighted by atomic mass is 32.2. The van der Waals surface area contributed by atoms with Crippen LogP contribution in [0, 0.1) is 6.92 Å². The van der Waals surface area contributed by atoms with Gasteiger partial charge in [-0.1, -0.05) is 48.9 Å². The van der Waals surface area contributed by atoms with Crippen molar-refractivity contribution in [3.05, 3.63) is 59.7 Å². The van der Waals surface area contributed by atoms with Gasteiger partial charge in [-0.25, -0.2) is 8.42 Å². The fourth-order valence-corrected chi connectivity index (χ4v) is 5.08. The number of nitrogens with zero attached hydrogens (tertiary/aromatic N) is 2. The number of para-hydroxylation sites is 2. The van der Waals surface area contributed by atoms with Gasteiger partial charge in [0.1, 0.15) is 11.8 Å². The number of benzene rings is 2. The van der Waals surface area contributed by atoms with Gasteiger partial charge in [-0.05, 0) is 58.2 Å². The minimum Gasteiger partial charge on any atom is -0.492 e. The molecule has 0 fully saturated rings. The molecule has 0 radical (unpaired) electrons. The number of hydrogen-bond acceptors (Lipinski definition) is 5. The van der Waals surface area contributed by atoms with Crippen LogP contribution in [0.2, 0.25) is 0 Å². The van der Waals surface area contributed by atoms with Gasteiger partial charge in [0.2, 0.25) is 21.8 Å². The first-order valence-electron chi connectivity index (χ1n) is 12.8. The third kappa shape index (κ3) is 9.07. The first-order valence-corrected chi connectivity index (χ1v) is 14.7. The fraction of sp³-hybridized carbons (Fsp3) is 0.500. The molecule has 0 aromatic heterocycles. The molecule has 0 aliphatic heterocycles. The Balaban J connectivity index is 2.24. The Hall–Kier alpha value is -3.07. The number of carbonyl (C=O) groups excluding carboxylic acids is 2. The highest BCUT2D eigenvalue weighted by Gasteiger charge is 2.29. The highest BCUT2D eigenvalue weighted by molar-refractivity contribution is 7.92. The molecule has 0 unspecified atom stereocenters. The smallest absolute Gasteiger partial charge is 0.243 e. The zero-order valence-corrected chi connectivity index (χ0v) is 23.7. The van der Waals surface area contributed by atoms with E-state index < -0.39 is 16.1 Å². The Bertz CT molecular complexity index is 1130. The molecule has 204 valence electrons. The topological polar surface area (TPSA) is 96.0 Å². The predicted octanol–water partition coefficient (Wildman–Crippen LogP) is 4.27. The molecule has 2 aromatic rings. The van der Waals surface area contributed by atoms with Crippen LogP contribution in [0.25, 0.3) is 0 Å². The molecular weight excluding hydrogens is 490 g/mol. The van der Waals surface area contributed by atoms with E-state index in [9.17, 15) is 18.0 Å². The van der Waals surface area contributed by atoms with E-state index in [2.05, 4.69) is 5.32 Å². The van der Waals surface area contributed by atoms with Gasteiger partial charge in [0.15, 0.2) is 0 Å². The monoisotopic (exact) mass is 531 g/mol. The summed E-state index contributed by atoms with van der Waals surface area (Å²) in [4.78, 5) is 28.1. The second-order valence-corrected chi connectivity index (χ2v) is 11.3. The summed E-state index contributed by atoms with van der Waals surface area (Å²) in [5, 5.41) is 2.92. The lowest BCUT2D eigenvalue weighted by Gasteiger charge is -2.31. The van der Waals surface area contributed by atoms with E-state index in [1.807, 2.05) is 58.9 Å². The molecular formula is C28H41N3O5S. The van der Waals surface area contributed by atoms with Crippen molar-refractivity contribution >= 4 is 27.5 Å². The number of rotatable bonds is 14. The van der Waals surface area contributed by atoms with Crippen LogP contribution in [0.15, 0.2) is 48.5 Å². The van der Waals surface area contributed by atoms with Crippen LogP contribution in [-0.2, 0) is 26.2 Å². The molecule has 1 atom stereocenters.